The second-order valence-corrected chi connectivity index (χ2v) is 3.76. The fourth-order valence-corrected chi connectivity index (χ4v) is 1.17. The summed E-state index contributed by atoms with van der Waals surface area (Å²) in [7, 11) is 0. The van der Waals surface area contributed by atoms with Gasteiger partial charge in [0.05, 0.1) is 5.92 Å². The van der Waals surface area contributed by atoms with Gasteiger partial charge in [-0.1, -0.05) is 44.1 Å². The summed E-state index contributed by atoms with van der Waals surface area (Å²) in [5.74, 6) is -1.14. The lowest BCUT2D eigenvalue weighted by molar-refractivity contribution is -0.139. The summed E-state index contributed by atoms with van der Waals surface area (Å²) >= 11 is 0. The number of carboxylic acids is 1. The molecule has 0 rings (SSSR count). The van der Waals surface area contributed by atoms with Crippen LogP contribution in [0.5, 0.6) is 0 Å². The molecular weight excluding hydrogens is 188 g/mol. The van der Waals surface area contributed by atoms with E-state index in [0.29, 0.717) is 0 Å². The number of aliphatic carboxylic acids is 1. The smallest absolute Gasteiger partial charge is 0.310 e. The third kappa shape index (κ3) is 9.26. The van der Waals surface area contributed by atoms with E-state index in [-0.39, 0.29) is 5.92 Å². The number of unbranched alkanes of at least 4 members (excludes halogenated alkanes) is 3. The first-order valence-corrected chi connectivity index (χ1v) is 5.73. The molecule has 0 spiro atoms. The van der Waals surface area contributed by atoms with Gasteiger partial charge in [-0.3, -0.25) is 4.79 Å². The number of hydrogen-bond acceptors (Lipinski definition) is 1. The summed E-state index contributed by atoms with van der Waals surface area (Å²) in [6.45, 7) is 3.88. The Morgan fingerprint density at radius 1 is 1.27 bits per heavy atom. The van der Waals surface area contributed by atoms with Crippen molar-refractivity contribution in [2.75, 3.05) is 0 Å². The highest BCUT2D eigenvalue weighted by molar-refractivity contribution is 5.71. The normalized spacial score (nSPS) is 13.7. The van der Waals surface area contributed by atoms with Crippen LogP contribution < -0.4 is 0 Å². The quantitative estimate of drug-likeness (QED) is 0.489. The van der Waals surface area contributed by atoms with Gasteiger partial charge in [0.2, 0.25) is 0 Å². The first-order chi connectivity index (χ1) is 7.18. The lowest BCUT2D eigenvalue weighted by atomic mass is 10.1. The average Bonchev–Trinajstić information content (AvgIpc) is 2.21. The Morgan fingerprint density at radius 3 is 2.60 bits per heavy atom. The van der Waals surface area contributed by atoms with Gasteiger partial charge in [-0.15, -0.1) is 0 Å². The molecule has 0 saturated carbocycles. The summed E-state index contributed by atoms with van der Waals surface area (Å²) in [5.41, 5.74) is 0. The van der Waals surface area contributed by atoms with E-state index in [2.05, 4.69) is 19.1 Å². The Morgan fingerprint density at radius 2 is 2.00 bits per heavy atom. The molecule has 2 heteroatoms. The molecule has 0 aliphatic heterocycles. The number of carbonyl (C=O) groups is 1. The van der Waals surface area contributed by atoms with Crippen LogP contribution in [0.25, 0.3) is 0 Å². The Balaban J connectivity index is 3.47. The Kier molecular flexibility index (Phi) is 8.84. The van der Waals surface area contributed by atoms with Crippen LogP contribution in [0.3, 0.4) is 0 Å². The lowest BCUT2D eigenvalue weighted by Crippen LogP contribution is -2.05. The van der Waals surface area contributed by atoms with Crippen LogP contribution in [0.1, 0.15) is 46.0 Å². The van der Waals surface area contributed by atoms with Gasteiger partial charge in [-0.25, -0.2) is 0 Å². The SMILES string of the molecule is CCCCCC=CCC=CC(C)C(=O)O. The van der Waals surface area contributed by atoms with Gasteiger partial charge in [0.1, 0.15) is 0 Å². The first kappa shape index (κ1) is 13.9. The van der Waals surface area contributed by atoms with Crippen molar-refractivity contribution in [2.45, 2.75) is 46.0 Å². The van der Waals surface area contributed by atoms with Crippen molar-refractivity contribution >= 4 is 5.97 Å². The van der Waals surface area contributed by atoms with E-state index >= 15 is 0 Å². The molecule has 1 atom stereocenters. The van der Waals surface area contributed by atoms with Crippen LogP contribution in [0.2, 0.25) is 0 Å². The van der Waals surface area contributed by atoms with Gasteiger partial charge in [-0.05, 0) is 26.2 Å². The van der Waals surface area contributed by atoms with Gasteiger partial charge in [0, 0.05) is 0 Å². The maximum Gasteiger partial charge on any atom is 0.310 e. The monoisotopic (exact) mass is 210 g/mol. The topological polar surface area (TPSA) is 37.3 Å². The second-order valence-electron chi connectivity index (χ2n) is 3.76. The minimum atomic E-state index is -0.766. The lowest BCUT2D eigenvalue weighted by Gasteiger charge is -1.95. The third-order valence-electron chi connectivity index (χ3n) is 2.23. The molecule has 86 valence electrons. The summed E-state index contributed by atoms with van der Waals surface area (Å²) in [6, 6.07) is 0. The van der Waals surface area contributed by atoms with Gasteiger partial charge in [0.15, 0.2) is 0 Å². The molecule has 0 amide bonds. The van der Waals surface area contributed by atoms with Crippen LogP contribution >= 0.6 is 0 Å². The number of rotatable bonds is 8. The van der Waals surface area contributed by atoms with Gasteiger partial charge >= 0.3 is 5.97 Å². The summed E-state index contributed by atoms with van der Waals surface area (Å²) in [5, 5.41) is 8.61. The third-order valence-corrected chi connectivity index (χ3v) is 2.23. The molecule has 2 nitrogen and oxygen atoms in total. The maximum absolute atomic E-state index is 10.5. The van der Waals surface area contributed by atoms with Crippen molar-refractivity contribution in [3.63, 3.8) is 0 Å². The zero-order valence-electron chi connectivity index (χ0n) is 9.78. The van der Waals surface area contributed by atoms with E-state index in [1.807, 2.05) is 6.08 Å². The molecule has 0 heterocycles. The van der Waals surface area contributed by atoms with Crippen LogP contribution in [-0.4, -0.2) is 11.1 Å². The highest BCUT2D eigenvalue weighted by Crippen LogP contribution is 2.02. The van der Waals surface area contributed by atoms with Crippen molar-refractivity contribution in [2.24, 2.45) is 5.92 Å². The predicted molar refractivity (Wildman–Crippen MR) is 63.8 cm³/mol. The van der Waals surface area contributed by atoms with E-state index in [0.717, 1.165) is 12.8 Å². The van der Waals surface area contributed by atoms with Crippen LogP contribution in [0, 0.1) is 5.92 Å². The number of hydrogen-bond donors (Lipinski definition) is 1. The molecular formula is C13H22O2. The molecule has 15 heavy (non-hydrogen) atoms. The second kappa shape index (κ2) is 9.50. The molecule has 0 saturated heterocycles. The molecule has 0 aromatic heterocycles. The molecule has 0 aromatic rings. The van der Waals surface area contributed by atoms with E-state index in [1.165, 1.54) is 19.3 Å². The largest absolute Gasteiger partial charge is 0.481 e. The van der Waals surface area contributed by atoms with E-state index in [9.17, 15) is 4.79 Å². The first-order valence-electron chi connectivity index (χ1n) is 5.73. The molecule has 0 radical (unpaired) electrons. The van der Waals surface area contributed by atoms with E-state index < -0.39 is 5.97 Å². The number of carboxylic acid groups (broad SMARTS) is 1. The average molecular weight is 210 g/mol. The van der Waals surface area contributed by atoms with E-state index in [4.69, 9.17) is 5.11 Å². The molecule has 1 unspecified atom stereocenters. The van der Waals surface area contributed by atoms with Gasteiger partial charge < -0.3 is 5.11 Å². The van der Waals surface area contributed by atoms with Crippen molar-refractivity contribution in [3.8, 4) is 0 Å². The Bertz CT molecular complexity index is 217. The fraction of sp³-hybridized carbons (Fsp3) is 0.615. The maximum atomic E-state index is 10.5. The van der Waals surface area contributed by atoms with E-state index in [1.54, 1.807) is 13.0 Å². The van der Waals surface area contributed by atoms with Gasteiger partial charge in [0.25, 0.3) is 0 Å². The van der Waals surface area contributed by atoms with Gasteiger partial charge in [-0.2, -0.15) is 0 Å². The number of allylic oxidation sites excluding steroid dienone is 3. The van der Waals surface area contributed by atoms with Crippen molar-refractivity contribution in [1.82, 2.24) is 0 Å². The Hall–Kier alpha value is -1.05. The highest BCUT2D eigenvalue weighted by Gasteiger charge is 2.03. The molecule has 0 bridgehead atoms. The summed E-state index contributed by atoms with van der Waals surface area (Å²) in [4.78, 5) is 10.5. The summed E-state index contributed by atoms with van der Waals surface area (Å²) < 4.78 is 0. The van der Waals surface area contributed by atoms with Crippen LogP contribution in [0.15, 0.2) is 24.3 Å². The summed E-state index contributed by atoms with van der Waals surface area (Å²) in [6.07, 6.45) is 13.7. The molecule has 1 N–H and O–H groups in total. The molecule has 0 fully saturated rings. The minimum absolute atomic E-state index is 0.376. The van der Waals surface area contributed by atoms with Crippen molar-refractivity contribution < 1.29 is 9.90 Å². The van der Waals surface area contributed by atoms with Crippen molar-refractivity contribution in [3.05, 3.63) is 24.3 Å². The predicted octanol–water partition coefficient (Wildman–Crippen LogP) is 3.79. The molecule has 0 aromatic carbocycles. The molecule has 0 aliphatic rings. The van der Waals surface area contributed by atoms with Crippen LogP contribution in [0.4, 0.5) is 0 Å². The fourth-order valence-electron chi connectivity index (χ4n) is 1.17. The van der Waals surface area contributed by atoms with Crippen LogP contribution in [-0.2, 0) is 4.79 Å². The minimum Gasteiger partial charge on any atom is -0.481 e. The zero-order valence-corrected chi connectivity index (χ0v) is 9.78. The highest BCUT2D eigenvalue weighted by atomic mass is 16.4. The standard InChI is InChI=1S/C13H22O2/c1-3-4-5-6-7-8-9-10-11-12(2)13(14)15/h7-8,10-12H,3-6,9H2,1-2H3,(H,14,15). The zero-order chi connectivity index (χ0) is 11.5. The Labute approximate surface area is 92.7 Å². The molecule has 0 aliphatic carbocycles. The van der Waals surface area contributed by atoms with Crippen molar-refractivity contribution in [1.29, 1.82) is 0 Å².